The number of cyclic esters (lactones) is 1. The Balaban J connectivity index is 1.77. The summed E-state index contributed by atoms with van der Waals surface area (Å²) in [6.45, 7) is 0. The van der Waals surface area contributed by atoms with Crippen LogP contribution in [0.15, 0.2) is 71.4 Å². The van der Waals surface area contributed by atoms with Gasteiger partial charge in [0.15, 0.2) is 5.70 Å². The highest BCUT2D eigenvalue weighted by Gasteiger charge is 2.20. The number of rotatable bonds is 4. The Morgan fingerprint density at radius 2 is 1.62 bits per heavy atom. The maximum Gasteiger partial charge on any atom is 0.363 e. The van der Waals surface area contributed by atoms with Crippen molar-refractivity contribution in [2.24, 2.45) is 4.99 Å². The Hall–Kier alpha value is -3.14. The van der Waals surface area contributed by atoms with E-state index in [9.17, 15) is 4.79 Å². The zero-order valence-corrected chi connectivity index (χ0v) is 13.6. The fourth-order valence-corrected chi connectivity index (χ4v) is 2.26. The molecule has 0 saturated carbocycles. The Kier molecular flexibility index (Phi) is 4.57. The highest BCUT2D eigenvalue weighted by Crippen LogP contribution is 2.19. The van der Waals surface area contributed by atoms with Gasteiger partial charge in [-0.25, -0.2) is 9.79 Å². The lowest BCUT2D eigenvalue weighted by molar-refractivity contribution is -0.129. The maximum absolute atomic E-state index is 11.9. The van der Waals surface area contributed by atoms with Crippen LogP contribution in [0, 0.1) is 0 Å². The van der Waals surface area contributed by atoms with E-state index in [0.29, 0.717) is 11.6 Å². The molecule has 0 atom stereocenters. The van der Waals surface area contributed by atoms with Gasteiger partial charge < -0.3 is 9.64 Å². The summed E-state index contributed by atoms with van der Waals surface area (Å²) in [6.07, 6.45) is 5.29. The van der Waals surface area contributed by atoms with Crippen molar-refractivity contribution in [3.05, 3.63) is 77.5 Å². The minimum absolute atomic E-state index is 0.306. The number of hydrogen-bond donors (Lipinski definition) is 0. The summed E-state index contributed by atoms with van der Waals surface area (Å²) in [7, 11) is 3.97. The lowest BCUT2D eigenvalue weighted by Crippen LogP contribution is -2.07. The lowest BCUT2D eigenvalue weighted by atomic mass is 10.1. The van der Waals surface area contributed by atoms with Gasteiger partial charge in [0.2, 0.25) is 5.90 Å². The molecule has 1 heterocycles. The number of benzene rings is 2. The average Bonchev–Trinajstić information content (AvgIpc) is 2.94. The molecule has 0 spiro atoms. The van der Waals surface area contributed by atoms with Gasteiger partial charge in [-0.1, -0.05) is 42.5 Å². The highest BCUT2D eigenvalue weighted by molar-refractivity contribution is 6.11. The van der Waals surface area contributed by atoms with Crippen molar-refractivity contribution in [2.75, 3.05) is 19.0 Å². The van der Waals surface area contributed by atoms with Crippen LogP contribution in [0.3, 0.4) is 0 Å². The molecule has 0 aliphatic carbocycles. The summed E-state index contributed by atoms with van der Waals surface area (Å²) in [5.41, 5.74) is 3.33. The van der Waals surface area contributed by atoms with Crippen LogP contribution in [0.4, 0.5) is 5.69 Å². The zero-order chi connectivity index (χ0) is 16.9. The molecule has 0 bridgehead atoms. The van der Waals surface area contributed by atoms with E-state index in [-0.39, 0.29) is 0 Å². The first-order chi connectivity index (χ1) is 11.6. The van der Waals surface area contributed by atoms with E-state index in [1.54, 1.807) is 12.2 Å². The second kappa shape index (κ2) is 6.96. The molecule has 0 N–H and O–H groups in total. The van der Waals surface area contributed by atoms with Gasteiger partial charge in [0, 0.05) is 25.9 Å². The third-order valence-corrected chi connectivity index (χ3v) is 3.57. The predicted octanol–water partition coefficient (Wildman–Crippen LogP) is 3.76. The summed E-state index contributed by atoms with van der Waals surface area (Å²) in [5.74, 6) is -0.126. The van der Waals surface area contributed by atoms with Crippen LogP contribution < -0.4 is 4.90 Å². The normalized spacial score (nSPS) is 15.7. The molecule has 0 amide bonds. The third kappa shape index (κ3) is 3.79. The molecule has 0 fully saturated rings. The van der Waals surface area contributed by atoms with Crippen molar-refractivity contribution >= 4 is 29.7 Å². The number of anilines is 1. The molecule has 4 nitrogen and oxygen atoms in total. The number of ether oxygens (including phenoxy) is 1. The molecule has 2 aromatic rings. The number of carbonyl (C=O) groups is 1. The van der Waals surface area contributed by atoms with E-state index in [1.165, 1.54) is 0 Å². The average molecular weight is 318 g/mol. The van der Waals surface area contributed by atoms with Crippen molar-refractivity contribution in [1.82, 2.24) is 0 Å². The van der Waals surface area contributed by atoms with E-state index in [2.05, 4.69) is 4.99 Å². The van der Waals surface area contributed by atoms with E-state index in [1.807, 2.05) is 79.7 Å². The third-order valence-electron chi connectivity index (χ3n) is 3.57. The molecule has 0 saturated heterocycles. The van der Waals surface area contributed by atoms with Gasteiger partial charge in [0.25, 0.3) is 0 Å². The summed E-state index contributed by atoms with van der Waals surface area (Å²) in [5, 5.41) is 0. The predicted molar refractivity (Wildman–Crippen MR) is 97.7 cm³/mol. The van der Waals surface area contributed by atoms with E-state index < -0.39 is 5.97 Å². The summed E-state index contributed by atoms with van der Waals surface area (Å²) in [6, 6.07) is 17.7. The highest BCUT2D eigenvalue weighted by atomic mass is 16.6. The second-order valence-corrected chi connectivity index (χ2v) is 5.60. The summed E-state index contributed by atoms with van der Waals surface area (Å²) >= 11 is 0. The van der Waals surface area contributed by atoms with Gasteiger partial charge in [0.05, 0.1) is 0 Å². The van der Waals surface area contributed by atoms with Crippen molar-refractivity contribution in [2.45, 2.75) is 0 Å². The Bertz CT molecular complexity index is 816. The summed E-state index contributed by atoms with van der Waals surface area (Å²) in [4.78, 5) is 18.2. The minimum atomic E-state index is -0.431. The van der Waals surface area contributed by atoms with Gasteiger partial charge in [-0.2, -0.15) is 0 Å². The number of aliphatic imine (C=N–C) groups is 1. The first-order valence-corrected chi connectivity index (χ1v) is 7.65. The maximum atomic E-state index is 11.9. The second-order valence-electron chi connectivity index (χ2n) is 5.60. The molecule has 0 aromatic heterocycles. The molecule has 4 heteroatoms. The number of nitrogens with zero attached hydrogens (tertiary/aromatic N) is 2. The SMILES string of the molecule is CN(C)c1ccc(/C=C2N=C(/C=C/c3ccccc3)OC/2=O)cc1. The first-order valence-electron chi connectivity index (χ1n) is 7.65. The van der Waals surface area contributed by atoms with Crippen molar-refractivity contribution in [3.63, 3.8) is 0 Å². The molecular weight excluding hydrogens is 300 g/mol. The molecule has 0 unspecified atom stereocenters. The molecule has 24 heavy (non-hydrogen) atoms. The first kappa shape index (κ1) is 15.7. The molecule has 2 aromatic carbocycles. The quantitative estimate of drug-likeness (QED) is 0.637. The number of carbonyl (C=O) groups excluding carboxylic acids is 1. The zero-order valence-electron chi connectivity index (χ0n) is 13.6. The molecule has 120 valence electrons. The van der Waals surface area contributed by atoms with Crippen LogP contribution in [-0.4, -0.2) is 26.0 Å². The largest absolute Gasteiger partial charge is 0.403 e. The Morgan fingerprint density at radius 1 is 0.917 bits per heavy atom. The molecule has 3 rings (SSSR count). The van der Waals surface area contributed by atoms with E-state index >= 15 is 0 Å². The molecular formula is C20H18N2O2. The van der Waals surface area contributed by atoms with Crippen molar-refractivity contribution in [3.8, 4) is 0 Å². The van der Waals surface area contributed by atoms with Crippen molar-refractivity contribution in [1.29, 1.82) is 0 Å². The monoisotopic (exact) mass is 318 g/mol. The topological polar surface area (TPSA) is 41.9 Å². The summed E-state index contributed by atoms with van der Waals surface area (Å²) < 4.78 is 5.18. The van der Waals surface area contributed by atoms with Gasteiger partial charge in [-0.05, 0) is 35.4 Å². The van der Waals surface area contributed by atoms with E-state index in [0.717, 1.165) is 16.8 Å². The molecule has 1 aliphatic heterocycles. The fraction of sp³-hybridized carbons (Fsp3) is 0.100. The standard InChI is InChI=1S/C20H18N2O2/c1-22(2)17-11-8-16(9-12-17)14-18-20(23)24-19(21-18)13-10-15-6-4-3-5-7-15/h3-14H,1-2H3/b13-10+,18-14+. The molecule has 1 aliphatic rings. The fourth-order valence-electron chi connectivity index (χ4n) is 2.26. The van der Waals surface area contributed by atoms with Crippen LogP contribution >= 0.6 is 0 Å². The van der Waals surface area contributed by atoms with Crippen LogP contribution in [-0.2, 0) is 9.53 Å². The van der Waals surface area contributed by atoms with Crippen LogP contribution in [0.2, 0.25) is 0 Å². The van der Waals surface area contributed by atoms with Crippen LogP contribution in [0.1, 0.15) is 11.1 Å². The van der Waals surface area contributed by atoms with E-state index in [4.69, 9.17) is 4.74 Å². The van der Waals surface area contributed by atoms with Gasteiger partial charge in [0.1, 0.15) is 0 Å². The lowest BCUT2D eigenvalue weighted by Gasteiger charge is -2.11. The van der Waals surface area contributed by atoms with Gasteiger partial charge in [-0.3, -0.25) is 0 Å². The van der Waals surface area contributed by atoms with Gasteiger partial charge in [-0.15, -0.1) is 0 Å². The Morgan fingerprint density at radius 3 is 2.29 bits per heavy atom. The number of hydrogen-bond acceptors (Lipinski definition) is 4. The Labute approximate surface area is 141 Å². The minimum Gasteiger partial charge on any atom is -0.403 e. The van der Waals surface area contributed by atoms with Gasteiger partial charge >= 0.3 is 5.97 Å². The smallest absolute Gasteiger partial charge is 0.363 e. The van der Waals surface area contributed by atoms with Crippen LogP contribution in [0.5, 0.6) is 0 Å². The van der Waals surface area contributed by atoms with Crippen molar-refractivity contribution < 1.29 is 9.53 Å². The number of esters is 1. The molecule has 0 radical (unpaired) electrons. The van der Waals surface area contributed by atoms with Crippen LogP contribution in [0.25, 0.3) is 12.2 Å².